The molecule has 0 unspecified atom stereocenters. The zero-order valence-corrected chi connectivity index (χ0v) is 23.5. The zero-order chi connectivity index (χ0) is 28.4. The monoisotopic (exact) mass is 557 g/mol. The fourth-order valence-electron chi connectivity index (χ4n) is 4.49. The van der Waals surface area contributed by atoms with Gasteiger partial charge in [-0.2, -0.15) is 18.3 Å². The topological polar surface area (TPSA) is 56.9 Å². The summed E-state index contributed by atoms with van der Waals surface area (Å²) >= 11 is 1.57. The first-order valence-electron chi connectivity index (χ1n) is 12.7. The van der Waals surface area contributed by atoms with Gasteiger partial charge in [0, 0.05) is 43.5 Å². The van der Waals surface area contributed by atoms with Crippen molar-refractivity contribution in [2.45, 2.75) is 32.2 Å². The highest BCUT2D eigenvalue weighted by molar-refractivity contribution is 8.17. The number of aliphatic imine (C=N–C) groups is 1. The van der Waals surface area contributed by atoms with Crippen LogP contribution in [-0.2, 0) is 18.3 Å². The molecule has 1 aliphatic heterocycles. The second-order valence-electron chi connectivity index (χ2n) is 10.2. The van der Waals surface area contributed by atoms with Crippen molar-refractivity contribution in [2.75, 3.05) is 40.3 Å². The Bertz CT molecular complexity index is 1400. The number of rotatable bonds is 6. The summed E-state index contributed by atoms with van der Waals surface area (Å²) in [6.45, 7) is 10.7. The van der Waals surface area contributed by atoms with Gasteiger partial charge < -0.3 is 14.9 Å². The minimum Gasteiger partial charge on any atom is -0.386 e. The lowest BCUT2D eigenvalue weighted by Gasteiger charge is -2.34. The second-order valence-corrected chi connectivity index (χ2v) is 11.2. The van der Waals surface area contributed by atoms with E-state index in [1.807, 2.05) is 24.3 Å². The van der Waals surface area contributed by atoms with Crippen molar-refractivity contribution >= 4 is 33.9 Å². The van der Waals surface area contributed by atoms with Gasteiger partial charge in [0.15, 0.2) is 5.17 Å². The number of hydrogen-bond acceptors (Lipinski definition) is 5. The molecule has 0 radical (unpaired) electrons. The van der Waals surface area contributed by atoms with E-state index in [1.54, 1.807) is 35.8 Å². The molecule has 3 aromatic rings. The highest BCUT2D eigenvalue weighted by atomic mass is 32.2. The molecule has 1 aliphatic rings. The maximum atomic E-state index is 13.9. The number of allylic oxidation sites excluding steroid dienone is 1. The van der Waals surface area contributed by atoms with Crippen LogP contribution in [0.2, 0.25) is 0 Å². The van der Waals surface area contributed by atoms with Crippen LogP contribution in [-0.4, -0.2) is 70.1 Å². The highest BCUT2D eigenvalue weighted by Gasteiger charge is 2.35. The number of aliphatic hydroxyl groups is 1. The van der Waals surface area contributed by atoms with Gasteiger partial charge in [0.1, 0.15) is 0 Å². The van der Waals surface area contributed by atoms with E-state index in [-0.39, 0.29) is 17.7 Å². The summed E-state index contributed by atoms with van der Waals surface area (Å²) in [6.07, 6.45) is 0.929. The largest absolute Gasteiger partial charge is 0.416 e. The van der Waals surface area contributed by atoms with Crippen molar-refractivity contribution in [1.29, 1.82) is 0 Å². The molecule has 2 aromatic carbocycles. The Balaban J connectivity index is 1.57. The summed E-state index contributed by atoms with van der Waals surface area (Å²) in [6, 6.07) is 9.72. The standard InChI is InChI=1S/C29H34F3N5OS/c1-6-24(39-27(33-4)36-13-11-35(5)12-14-36)16-20-7-10-26-22(15-20)18-34-37(26)19-21-8-9-23(28(2,3)38)17-25(21)29(30,31)32/h6-10,15-18,38H,1,11-14,19H2,2-5H3/b24-16-,33-27?. The Morgan fingerprint density at radius 2 is 1.85 bits per heavy atom. The van der Waals surface area contributed by atoms with Gasteiger partial charge in [-0.3, -0.25) is 9.67 Å². The van der Waals surface area contributed by atoms with Crippen LogP contribution in [0.25, 0.3) is 17.0 Å². The Morgan fingerprint density at radius 1 is 1.13 bits per heavy atom. The number of hydrogen-bond donors (Lipinski definition) is 1. The van der Waals surface area contributed by atoms with Crippen LogP contribution in [0.3, 0.4) is 0 Å². The van der Waals surface area contributed by atoms with E-state index < -0.39 is 17.3 Å². The Labute approximate surface area is 231 Å². The maximum absolute atomic E-state index is 13.9. The predicted molar refractivity (Wildman–Crippen MR) is 154 cm³/mol. The number of halogens is 3. The lowest BCUT2D eigenvalue weighted by Crippen LogP contribution is -2.46. The van der Waals surface area contributed by atoms with E-state index in [1.165, 1.54) is 26.0 Å². The normalized spacial score (nSPS) is 16.3. The zero-order valence-electron chi connectivity index (χ0n) is 22.7. The first-order valence-corrected chi connectivity index (χ1v) is 13.5. The number of likely N-dealkylation sites (N-methyl/N-ethyl adjacent to an activating group) is 1. The van der Waals surface area contributed by atoms with Crippen LogP contribution in [0.1, 0.15) is 36.1 Å². The summed E-state index contributed by atoms with van der Waals surface area (Å²) in [7, 11) is 3.91. The lowest BCUT2D eigenvalue weighted by atomic mass is 9.93. The van der Waals surface area contributed by atoms with E-state index in [2.05, 4.69) is 33.5 Å². The van der Waals surface area contributed by atoms with Crippen LogP contribution in [0.4, 0.5) is 13.2 Å². The third-order valence-corrected chi connectivity index (χ3v) is 7.94. The quantitative estimate of drug-likeness (QED) is 0.235. The van der Waals surface area contributed by atoms with E-state index in [0.29, 0.717) is 0 Å². The van der Waals surface area contributed by atoms with Gasteiger partial charge in [-0.1, -0.05) is 42.6 Å². The van der Waals surface area contributed by atoms with Crippen LogP contribution >= 0.6 is 11.8 Å². The number of benzene rings is 2. The van der Waals surface area contributed by atoms with E-state index >= 15 is 0 Å². The lowest BCUT2D eigenvalue weighted by molar-refractivity contribution is -0.138. The predicted octanol–water partition coefficient (Wildman–Crippen LogP) is 5.82. The van der Waals surface area contributed by atoms with Gasteiger partial charge in [-0.25, -0.2) is 0 Å². The molecule has 0 bridgehead atoms. The molecule has 0 amide bonds. The number of amidine groups is 1. The average molecular weight is 558 g/mol. The molecule has 1 N–H and O–H groups in total. The number of nitrogens with zero attached hydrogens (tertiary/aromatic N) is 5. The van der Waals surface area contributed by atoms with E-state index in [9.17, 15) is 18.3 Å². The van der Waals surface area contributed by atoms with Gasteiger partial charge in [0.2, 0.25) is 0 Å². The van der Waals surface area contributed by atoms with Crippen molar-refractivity contribution in [3.05, 3.63) is 82.4 Å². The van der Waals surface area contributed by atoms with Gasteiger partial charge in [-0.05, 0) is 61.9 Å². The summed E-state index contributed by atoms with van der Waals surface area (Å²) in [5.74, 6) is 0. The molecular formula is C29H34F3N5OS. The molecule has 0 spiro atoms. The van der Waals surface area contributed by atoms with Gasteiger partial charge in [0.05, 0.1) is 29.4 Å². The smallest absolute Gasteiger partial charge is 0.386 e. The van der Waals surface area contributed by atoms with Gasteiger partial charge in [0.25, 0.3) is 0 Å². The van der Waals surface area contributed by atoms with E-state index in [4.69, 9.17) is 0 Å². The molecule has 10 heteroatoms. The molecule has 0 saturated carbocycles. The van der Waals surface area contributed by atoms with Gasteiger partial charge >= 0.3 is 6.18 Å². The van der Waals surface area contributed by atoms with Crippen molar-refractivity contribution in [3.63, 3.8) is 0 Å². The van der Waals surface area contributed by atoms with Crippen molar-refractivity contribution in [1.82, 2.24) is 19.6 Å². The molecule has 6 nitrogen and oxygen atoms in total. The maximum Gasteiger partial charge on any atom is 0.416 e. The molecular weight excluding hydrogens is 523 g/mol. The molecule has 1 saturated heterocycles. The summed E-state index contributed by atoms with van der Waals surface area (Å²) in [4.78, 5) is 10.0. The van der Waals surface area contributed by atoms with Crippen LogP contribution in [0.5, 0.6) is 0 Å². The molecule has 1 aromatic heterocycles. The summed E-state index contributed by atoms with van der Waals surface area (Å²) in [5.41, 5.74) is -0.189. The summed E-state index contributed by atoms with van der Waals surface area (Å²) < 4.78 is 43.2. The fourth-order valence-corrected chi connectivity index (χ4v) is 5.38. The first kappa shape index (κ1) is 28.9. The van der Waals surface area contributed by atoms with E-state index in [0.717, 1.165) is 58.8 Å². The van der Waals surface area contributed by atoms with Crippen LogP contribution in [0.15, 0.2) is 65.1 Å². The SMILES string of the molecule is C=C/C(=C/c1ccc2c(cnn2Cc2ccc(C(C)(C)O)cc2C(F)(F)F)c1)SC(=NC)N1CCN(C)CC1. The molecule has 4 rings (SSSR count). The first-order chi connectivity index (χ1) is 18.4. The molecule has 0 aliphatic carbocycles. The van der Waals surface area contributed by atoms with Crippen molar-refractivity contribution in [2.24, 2.45) is 4.99 Å². The van der Waals surface area contributed by atoms with Crippen molar-refractivity contribution < 1.29 is 18.3 Å². The average Bonchev–Trinajstić information content (AvgIpc) is 3.27. The molecule has 1 fully saturated rings. The third kappa shape index (κ3) is 6.93. The Hall–Kier alpha value is -3.08. The molecule has 0 atom stereocenters. The molecule has 208 valence electrons. The minimum absolute atomic E-state index is 0.0469. The van der Waals surface area contributed by atoms with Crippen LogP contribution < -0.4 is 0 Å². The summed E-state index contributed by atoms with van der Waals surface area (Å²) in [5, 5.41) is 16.3. The highest BCUT2D eigenvalue weighted by Crippen LogP contribution is 2.35. The number of thioether (sulfide) groups is 1. The number of piperazine rings is 1. The number of aromatic nitrogens is 2. The Morgan fingerprint density at radius 3 is 2.46 bits per heavy atom. The van der Waals surface area contributed by atoms with Crippen molar-refractivity contribution in [3.8, 4) is 0 Å². The Kier molecular flexibility index (Phi) is 8.58. The third-order valence-electron chi connectivity index (χ3n) is 6.79. The number of fused-ring (bicyclic) bond motifs is 1. The van der Waals surface area contributed by atoms with Gasteiger partial charge in [-0.15, -0.1) is 0 Å². The number of alkyl halides is 3. The minimum atomic E-state index is -4.55. The second kappa shape index (κ2) is 11.6. The molecule has 39 heavy (non-hydrogen) atoms. The van der Waals surface area contributed by atoms with Crippen LogP contribution in [0, 0.1) is 0 Å². The fraction of sp³-hybridized carbons (Fsp3) is 0.379. The molecule has 2 heterocycles.